The fourth-order valence-electron chi connectivity index (χ4n) is 7.00. The highest BCUT2D eigenvalue weighted by Gasteiger charge is 2.52. The molecule has 4 heterocycles. The molecule has 0 aromatic rings. The highest BCUT2D eigenvalue weighted by atomic mass is 16.6. The molecule has 0 radical (unpaired) electrons. The Kier molecular flexibility index (Phi) is 6.69. The Morgan fingerprint density at radius 2 is 1.94 bits per heavy atom. The van der Waals surface area contributed by atoms with Crippen molar-refractivity contribution in [2.45, 2.75) is 76.3 Å². The van der Waals surface area contributed by atoms with Gasteiger partial charge in [-0.25, -0.2) is 4.79 Å². The monoisotopic (exact) mass is 450 g/mol. The number of piperidine rings is 1. The van der Waals surface area contributed by atoms with Crippen molar-refractivity contribution in [1.82, 2.24) is 19.6 Å². The maximum atomic E-state index is 12.1. The Balaban J connectivity index is 1.08. The van der Waals surface area contributed by atoms with Gasteiger partial charge < -0.3 is 24.4 Å². The highest BCUT2D eigenvalue weighted by Crippen LogP contribution is 2.51. The lowest BCUT2D eigenvalue weighted by atomic mass is 9.64. The number of nitrogens with zero attached hydrogens (tertiary/aromatic N) is 4. The lowest BCUT2D eigenvalue weighted by molar-refractivity contribution is -0.175. The first-order valence-corrected chi connectivity index (χ1v) is 12.9. The third kappa shape index (κ3) is 4.29. The fourth-order valence-corrected chi connectivity index (χ4v) is 7.00. The molecule has 5 aliphatic rings. The van der Waals surface area contributed by atoms with Crippen LogP contribution in [0.3, 0.4) is 0 Å². The largest absolute Gasteiger partial charge is 0.450 e. The number of aliphatic hydroxyl groups excluding tert-OH is 1. The molecule has 1 saturated carbocycles. The molecule has 1 aliphatic carbocycles. The molecule has 5 rings (SSSR count). The first-order valence-electron chi connectivity index (χ1n) is 12.9. The number of aliphatic hydroxyl groups is 1. The van der Waals surface area contributed by atoms with Crippen molar-refractivity contribution >= 4 is 6.09 Å². The van der Waals surface area contributed by atoms with Gasteiger partial charge in [-0.15, -0.1) is 0 Å². The SMILES string of the molecule is CCOC(=O)N1CCC2(CC(N3CCC([C@@H]4CCCN4C(O)N(C)C4COC4)CC3)C2)C1. The molecule has 1 unspecified atom stereocenters. The van der Waals surface area contributed by atoms with Gasteiger partial charge in [-0.05, 0) is 83.3 Å². The minimum absolute atomic E-state index is 0.132. The lowest BCUT2D eigenvalue weighted by Crippen LogP contribution is -2.59. The van der Waals surface area contributed by atoms with Crippen molar-refractivity contribution in [3.05, 3.63) is 0 Å². The van der Waals surface area contributed by atoms with Crippen molar-refractivity contribution in [2.24, 2.45) is 11.3 Å². The van der Waals surface area contributed by atoms with Crippen LogP contribution < -0.4 is 0 Å². The zero-order chi connectivity index (χ0) is 22.3. The quantitative estimate of drug-likeness (QED) is 0.619. The molecule has 2 atom stereocenters. The smallest absolute Gasteiger partial charge is 0.409 e. The summed E-state index contributed by atoms with van der Waals surface area (Å²) in [6.45, 7) is 8.92. The van der Waals surface area contributed by atoms with Gasteiger partial charge in [-0.3, -0.25) is 9.80 Å². The van der Waals surface area contributed by atoms with Crippen LogP contribution in [0.4, 0.5) is 4.79 Å². The molecule has 182 valence electrons. The molecule has 4 aliphatic heterocycles. The first-order chi connectivity index (χ1) is 15.5. The fraction of sp³-hybridized carbons (Fsp3) is 0.958. The summed E-state index contributed by atoms with van der Waals surface area (Å²) in [5.41, 5.74) is 0.344. The number of carbonyl (C=O) groups excluding carboxylic acids is 1. The first kappa shape index (κ1) is 22.8. The molecule has 0 bridgehead atoms. The van der Waals surface area contributed by atoms with Crippen molar-refractivity contribution in [3.8, 4) is 0 Å². The van der Waals surface area contributed by atoms with Crippen LogP contribution in [0.5, 0.6) is 0 Å². The zero-order valence-corrected chi connectivity index (χ0v) is 20.0. The molecule has 32 heavy (non-hydrogen) atoms. The molecule has 8 nitrogen and oxygen atoms in total. The second-order valence-electron chi connectivity index (χ2n) is 11.0. The molecular weight excluding hydrogens is 408 g/mol. The van der Waals surface area contributed by atoms with Crippen LogP contribution >= 0.6 is 0 Å². The summed E-state index contributed by atoms with van der Waals surface area (Å²) < 4.78 is 10.5. The van der Waals surface area contributed by atoms with Crippen molar-refractivity contribution in [3.63, 3.8) is 0 Å². The molecule has 1 N–H and O–H groups in total. The highest BCUT2D eigenvalue weighted by molar-refractivity contribution is 5.68. The van der Waals surface area contributed by atoms with Crippen LogP contribution in [0, 0.1) is 11.3 Å². The molecule has 4 saturated heterocycles. The summed E-state index contributed by atoms with van der Waals surface area (Å²) in [6, 6.07) is 1.55. The van der Waals surface area contributed by atoms with Gasteiger partial charge >= 0.3 is 6.09 Å². The van der Waals surface area contributed by atoms with E-state index in [9.17, 15) is 9.90 Å². The second kappa shape index (κ2) is 9.37. The van der Waals surface area contributed by atoms with E-state index < -0.39 is 6.35 Å². The van der Waals surface area contributed by atoms with Gasteiger partial charge in [-0.2, -0.15) is 0 Å². The number of hydrogen-bond acceptors (Lipinski definition) is 7. The van der Waals surface area contributed by atoms with Crippen LogP contribution in [0.2, 0.25) is 0 Å². The molecule has 5 fully saturated rings. The molecule has 0 aromatic carbocycles. The summed E-state index contributed by atoms with van der Waals surface area (Å²) >= 11 is 0. The van der Waals surface area contributed by atoms with E-state index in [1.807, 2.05) is 18.9 Å². The van der Waals surface area contributed by atoms with Crippen LogP contribution in [0.15, 0.2) is 0 Å². The Morgan fingerprint density at radius 1 is 1.19 bits per heavy atom. The minimum atomic E-state index is -0.481. The van der Waals surface area contributed by atoms with Crippen molar-refractivity contribution in [1.29, 1.82) is 0 Å². The van der Waals surface area contributed by atoms with Crippen LogP contribution in [-0.2, 0) is 9.47 Å². The molecule has 1 spiro atoms. The van der Waals surface area contributed by atoms with E-state index in [0.717, 1.165) is 39.3 Å². The summed E-state index contributed by atoms with van der Waals surface area (Å²) in [5, 5.41) is 11.0. The van der Waals surface area contributed by atoms with Gasteiger partial charge in [0.25, 0.3) is 0 Å². The maximum Gasteiger partial charge on any atom is 0.409 e. The van der Waals surface area contributed by atoms with E-state index in [1.54, 1.807) is 0 Å². The maximum absolute atomic E-state index is 12.1. The number of likely N-dealkylation sites (N-methyl/N-ethyl adjacent to an activating group) is 1. The predicted octanol–water partition coefficient (Wildman–Crippen LogP) is 1.78. The van der Waals surface area contributed by atoms with Crippen LogP contribution in [0.1, 0.15) is 51.9 Å². The van der Waals surface area contributed by atoms with Crippen LogP contribution in [0.25, 0.3) is 0 Å². The van der Waals surface area contributed by atoms with Gasteiger partial charge in [0.2, 0.25) is 0 Å². The normalized spacial score (nSPS) is 35.9. The number of rotatable bonds is 6. The average molecular weight is 451 g/mol. The standard InChI is InChI=1S/C24H42N4O4/c1-3-32-23(30)27-12-8-24(17-27)13-19(14-24)26-10-6-18(7-11-26)21-5-4-9-28(21)22(29)25(2)20-15-31-16-20/h18-22,29H,3-17H2,1-2H3/t19?,21-,22?,24?/m0/s1. The summed E-state index contributed by atoms with van der Waals surface area (Å²) in [7, 11) is 2.04. The molecular formula is C24H42N4O4. The Labute approximate surface area is 192 Å². The lowest BCUT2D eigenvalue weighted by Gasteiger charge is -2.52. The van der Waals surface area contributed by atoms with Gasteiger partial charge in [0.05, 0.1) is 25.9 Å². The third-order valence-electron chi connectivity index (χ3n) is 9.14. The van der Waals surface area contributed by atoms with Gasteiger partial charge in [0.1, 0.15) is 0 Å². The Morgan fingerprint density at radius 3 is 2.59 bits per heavy atom. The second-order valence-corrected chi connectivity index (χ2v) is 11.0. The topological polar surface area (TPSA) is 68.7 Å². The van der Waals surface area contributed by atoms with E-state index in [4.69, 9.17) is 9.47 Å². The van der Waals surface area contributed by atoms with E-state index in [2.05, 4.69) is 14.7 Å². The Hall–Kier alpha value is -0.930. The van der Waals surface area contributed by atoms with E-state index in [-0.39, 0.29) is 6.09 Å². The van der Waals surface area contributed by atoms with Crippen molar-refractivity contribution in [2.75, 3.05) is 59.6 Å². The number of carbonyl (C=O) groups is 1. The summed E-state index contributed by atoms with van der Waals surface area (Å²) in [5.74, 6) is 0.689. The molecule has 1 amide bonds. The van der Waals surface area contributed by atoms with Gasteiger partial charge in [0.15, 0.2) is 6.35 Å². The average Bonchev–Trinajstić information content (AvgIpc) is 3.39. The zero-order valence-electron chi connectivity index (χ0n) is 20.0. The van der Waals surface area contributed by atoms with Crippen molar-refractivity contribution < 1.29 is 19.4 Å². The van der Waals surface area contributed by atoms with Gasteiger partial charge in [0, 0.05) is 31.7 Å². The summed E-state index contributed by atoms with van der Waals surface area (Å²) in [4.78, 5) is 21.1. The Bertz CT molecular complexity index is 660. The number of hydrogen-bond donors (Lipinski definition) is 1. The third-order valence-corrected chi connectivity index (χ3v) is 9.14. The van der Waals surface area contributed by atoms with E-state index in [1.165, 1.54) is 51.6 Å². The number of ether oxygens (including phenoxy) is 2. The van der Waals surface area contributed by atoms with E-state index >= 15 is 0 Å². The van der Waals surface area contributed by atoms with Crippen LogP contribution in [-0.4, -0.2) is 115 Å². The van der Waals surface area contributed by atoms with Gasteiger partial charge in [-0.1, -0.05) is 0 Å². The molecule has 8 heteroatoms. The minimum Gasteiger partial charge on any atom is -0.450 e. The number of amides is 1. The summed E-state index contributed by atoms with van der Waals surface area (Å²) in [6.07, 6.45) is 7.87. The number of likely N-dealkylation sites (tertiary alicyclic amines) is 3. The molecule has 0 aromatic heterocycles. The van der Waals surface area contributed by atoms with E-state index in [0.29, 0.717) is 36.1 Å². The predicted molar refractivity (Wildman–Crippen MR) is 121 cm³/mol.